The summed E-state index contributed by atoms with van der Waals surface area (Å²) in [5.41, 5.74) is 6.95. The Bertz CT molecular complexity index is 1260. The molecule has 3 aromatic rings. The summed E-state index contributed by atoms with van der Waals surface area (Å²) in [7, 11) is -3.76. The van der Waals surface area contributed by atoms with Gasteiger partial charge in [0.15, 0.2) is 0 Å². The summed E-state index contributed by atoms with van der Waals surface area (Å²) in [4.78, 5) is 13.2. The van der Waals surface area contributed by atoms with Gasteiger partial charge in [0.1, 0.15) is 0 Å². The molecule has 32 heavy (non-hydrogen) atoms. The first kappa shape index (κ1) is 23.5. The second-order valence-corrected chi connectivity index (χ2v) is 10.1. The molecule has 0 unspecified atom stereocenters. The smallest absolute Gasteiger partial charge is 0.261 e. The lowest BCUT2D eigenvalue weighted by Gasteiger charge is -2.20. The topological polar surface area (TPSA) is 75.3 Å². The summed E-state index contributed by atoms with van der Waals surface area (Å²) >= 11 is 0. The molecule has 0 fully saturated rings. The van der Waals surface area contributed by atoms with Gasteiger partial charge in [-0.05, 0) is 93.6 Å². The number of benzene rings is 3. The number of hydrogen-bond donors (Lipinski definition) is 2. The minimum absolute atomic E-state index is 0.177. The first-order valence-corrected chi connectivity index (χ1v) is 12.1. The molecule has 0 radical (unpaired) electrons. The van der Waals surface area contributed by atoms with Crippen molar-refractivity contribution >= 4 is 21.6 Å². The van der Waals surface area contributed by atoms with E-state index in [1.165, 1.54) is 11.1 Å². The predicted octanol–water partition coefficient (Wildman–Crippen LogP) is 5.52. The Morgan fingerprint density at radius 3 is 2.12 bits per heavy atom. The lowest BCUT2D eigenvalue weighted by Crippen LogP contribution is -2.28. The van der Waals surface area contributed by atoms with Crippen LogP contribution in [-0.2, 0) is 10.0 Å². The maximum Gasteiger partial charge on any atom is 0.261 e. The number of sulfonamides is 1. The summed E-state index contributed by atoms with van der Waals surface area (Å²) in [6.07, 6.45) is 0. The molecule has 0 aromatic heterocycles. The van der Waals surface area contributed by atoms with Crippen LogP contribution in [0.15, 0.2) is 59.5 Å². The molecule has 0 saturated heterocycles. The van der Waals surface area contributed by atoms with E-state index in [4.69, 9.17) is 0 Å². The monoisotopic (exact) mass is 450 g/mol. The zero-order valence-corrected chi connectivity index (χ0v) is 20.2. The zero-order valence-electron chi connectivity index (χ0n) is 19.4. The van der Waals surface area contributed by atoms with Gasteiger partial charge in [-0.3, -0.25) is 9.52 Å². The average molecular weight is 451 g/mol. The van der Waals surface area contributed by atoms with Crippen LogP contribution >= 0.6 is 0 Å². The highest BCUT2D eigenvalue weighted by Crippen LogP contribution is 2.25. The van der Waals surface area contributed by atoms with Crippen LogP contribution in [0, 0.1) is 34.6 Å². The van der Waals surface area contributed by atoms with Crippen molar-refractivity contribution in [2.75, 3.05) is 4.72 Å². The SMILES string of the molecule is Cc1ccc(S(=O)(=O)Nc2cccc(C(=O)N[C@@H](C)c3cc(C)c(C)cc3C)c2C)cc1. The van der Waals surface area contributed by atoms with Crippen molar-refractivity contribution in [3.8, 4) is 0 Å². The third-order valence-electron chi connectivity index (χ3n) is 5.85. The van der Waals surface area contributed by atoms with Crippen molar-refractivity contribution in [2.24, 2.45) is 0 Å². The molecule has 3 aromatic carbocycles. The molecule has 1 amide bonds. The maximum atomic E-state index is 13.0. The Labute approximate surface area is 190 Å². The molecule has 3 rings (SSSR count). The first-order valence-electron chi connectivity index (χ1n) is 10.6. The number of amides is 1. The standard InChI is InChI=1S/C26H30N2O3S/c1-16-10-12-22(13-11-16)32(30,31)28-25-9-7-8-23(20(25)5)26(29)27-21(6)24-15-18(3)17(2)14-19(24)4/h7-15,21,28H,1-6H3,(H,27,29)/t21-/m0/s1. The predicted molar refractivity (Wildman–Crippen MR) is 130 cm³/mol. The molecule has 6 heteroatoms. The molecule has 0 aliphatic heterocycles. The van der Waals surface area contributed by atoms with E-state index in [-0.39, 0.29) is 16.8 Å². The van der Waals surface area contributed by atoms with Gasteiger partial charge in [0.05, 0.1) is 16.6 Å². The maximum absolute atomic E-state index is 13.0. The highest BCUT2D eigenvalue weighted by molar-refractivity contribution is 7.92. The number of rotatable bonds is 6. The number of carbonyl (C=O) groups excluding carboxylic acids is 1. The van der Waals surface area contributed by atoms with Gasteiger partial charge < -0.3 is 5.32 Å². The first-order chi connectivity index (χ1) is 15.0. The lowest BCUT2D eigenvalue weighted by atomic mass is 9.96. The molecular weight excluding hydrogens is 420 g/mol. The van der Waals surface area contributed by atoms with E-state index in [1.54, 1.807) is 49.4 Å². The van der Waals surface area contributed by atoms with Crippen molar-refractivity contribution < 1.29 is 13.2 Å². The van der Waals surface area contributed by atoms with Gasteiger partial charge in [-0.25, -0.2) is 8.42 Å². The van der Waals surface area contributed by atoms with E-state index in [1.807, 2.05) is 20.8 Å². The Balaban J connectivity index is 1.84. The van der Waals surface area contributed by atoms with Crippen LogP contribution in [0.5, 0.6) is 0 Å². The summed E-state index contributed by atoms with van der Waals surface area (Å²) < 4.78 is 28.2. The third-order valence-corrected chi connectivity index (χ3v) is 7.23. The molecule has 0 aliphatic rings. The van der Waals surface area contributed by atoms with Crippen LogP contribution in [0.4, 0.5) is 5.69 Å². The minimum Gasteiger partial charge on any atom is -0.345 e. The summed E-state index contributed by atoms with van der Waals surface area (Å²) in [6.45, 7) is 11.8. The van der Waals surface area contributed by atoms with Gasteiger partial charge in [-0.1, -0.05) is 35.9 Å². The fourth-order valence-corrected chi connectivity index (χ4v) is 4.84. The molecule has 168 valence electrons. The normalized spacial score (nSPS) is 12.3. The van der Waals surface area contributed by atoms with Crippen LogP contribution in [0.3, 0.4) is 0 Å². The zero-order chi connectivity index (χ0) is 23.6. The van der Waals surface area contributed by atoms with Gasteiger partial charge in [0.2, 0.25) is 0 Å². The van der Waals surface area contributed by atoms with E-state index in [2.05, 4.69) is 36.0 Å². The van der Waals surface area contributed by atoms with Crippen molar-refractivity contribution in [2.45, 2.75) is 52.5 Å². The number of aryl methyl sites for hydroxylation is 4. The van der Waals surface area contributed by atoms with Crippen LogP contribution in [0.1, 0.15) is 56.7 Å². The molecule has 5 nitrogen and oxygen atoms in total. The number of hydrogen-bond acceptors (Lipinski definition) is 3. The number of carbonyl (C=O) groups is 1. The molecule has 1 atom stereocenters. The van der Waals surface area contributed by atoms with Crippen molar-refractivity contribution in [1.29, 1.82) is 0 Å². The molecule has 0 heterocycles. The third kappa shape index (κ3) is 5.02. The molecule has 0 aliphatic carbocycles. The molecule has 0 spiro atoms. The van der Waals surface area contributed by atoms with Gasteiger partial charge in [0.25, 0.3) is 15.9 Å². The van der Waals surface area contributed by atoms with E-state index < -0.39 is 10.0 Å². The van der Waals surface area contributed by atoms with Gasteiger partial charge in [-0.2, -0.15) is 0 Å². The van der Waals surface area contributed by atoms with Crippen LogP contribution in [0.2, 0.25) is 0 Å². The van der Waals surface area contributed by atoms with Gasteiger partial charge >= 0.3 is 0 Å². The van der Waals surface area contributed by atoms with Crippen molar-refractivity contribution in [3.05, 3.63) is 93.5 Å². The van der Waals surface area contributed by atoms with E-state index in [0.29, 0.717) is 16.8 Å². The van der Waals surface area contributed by atoms with Crippen molar-refractivity contribution in [1.82, 2.24) is 5.32 Å². The Kier molecular flexibility index (Phi) is 6.74. The number of nitrogens with one attached hydrogen (secondary N) is 2. The second-order valence-electron chi connectivity index (χ2n) is 8.38. The largest absolute Gasteiger partial charge is 0.345 e. The van der Waals surface area contributed by atoms with E-state index in [9.17, 15) is 13.2 Å². The minimum atomic E-state index is -3.76. The molecule has 0 bridgehead atoms. The van der Waals surface area contributed by atoms with Gasteiger partial charge in [0, 0.05) is 5.56 Å². The Morgan fingerprint density at radius 1 is 0.844 bits per heavy atom. The summed E-state index contributed by atoms with van der Waals surface area (Å²) in [5, 5.41) is 3.05. The molecule has 0 saturated carbocycles. The van der Waals surface area contributed by atoms with E-state index >= 15 is 0 Å². The Hall–Kier alpha value is -3.12. The highest BCUT2D eigenvalue weighted by atomic mass is 32.2. The van der Waals surface area contributed by atoms with E-state index in [0.717, 1.165) is 16.7 Å². The van der Waals surface area contributed by atoms with Crippen molar-refractivity contribution in [3.63, 3.8) is 0 Å². The lowest BCUT2D eigenvalue weighted by molar-refractivity contribution is 0.0939. The molecule has 2 N–H and O–H groups in total. The number of anilines is 1. The second kappa shape index (κ2) is 9.17. The fourth-order valence-electron chi connectivity index (χ4n) is 3.71. The van der Waals surface area contributed by atoms with Gasteiger partial charge in [-0.15, -0.1) is 0 Å². The van der Waals surface area contributed by atoms with Crippen LogP contribution < -0.4 is 10.0 Å². The van der Waals surface area contributed by atoms with Crippen LogP contribution in [-0.4, -0.2) is 14.3 Å². The summed E-state index contributed by atoms with van der Waals surface area (Å²) in [6, 6.07) is 15.7. The average Bonchev–Trinajstić information content (AvgIpc) is 2.72. The van der Waals surface area contributed by atoms with Crippen LogP contribution in [0.25, 0.3) is 0 Å². The fraction of sp³-hybridized carbons (Fsp3) is 0.269. The quantitative estimate of drug-likeness (QED) is 0.519. The Morgan fingerprint density at radius 2 is 1.47 bits per heavy atom. The highest BCUT2D eigenvalue weighted by Gasteiger charge is 2.20. The molecular formula is C26H30N2O3S. The summed E-state index contributed by atoms with van der Waals surface area (Å²) in [5.74, 6) is -0.246.